The van der Waals surface area contributed by atoms with Gasteiger partial charge in [0.05, 0.1) is 23.3 Å². The van der Waals surface area contributed by atoms with Gasteiger partial charge in [-0.05, 0) is 50.2 Å². The lowest BCUT2D eigenvalue weighted by Crippen LogP contribution is -2.35. The normalized spacial score (nSPS) is 11.9. The molecule has 2 aromatic carbocycles. The first-order chi connectivity index (χ1) is 15.1. The summed E-state index contributed by atoms with van der Waals surface area (Å²) in [5, 5.41) is 2.91. The highest BCUT2D eigenvalue weighted by molar-refractivity contribution is 5.94. The predicted octanol–water partition coefficient (Wildman–Crippen LogP) is 4.17. The van der Waals surface area contributed by atoms with Crippen molar-refractivity contribution in [3.8, 4) is 0 Å². The van der Waals surface area contributed by atoms with Crippen molar-refractivity contribution in [1.29, 1.82) is 0 Å². The molecule has 2 aromatic heterocycles. The van der Waals surface area contributed by atoms with Crippen LogP contribution in [0.3, 0.4) is 0 Å². The number of para-hydroxylation sites is 3. The molecule has 0 aliphatic rings. The largest absolute Gasteiger partial charge is 0.459 e. The van der Waals surface area contributed by atoms with E-state index in [4.69, 9.17) is 9.40 Å². The minimum absolute atomic E-state index is 0.0531. The quantitative estimate of drug-likeness (QED) is 0.490. The predicted molar refractivity (Wildman–Crippen MR) is 119 cm³/mol. The van der Waals surface area contributed by atoms with Gasteiger partial charge in [-0.2, -0.15) is 0 Å². The van der Waals surface area contributed by atoms with Crippen LogP contribution in [0.4, 0.5) is 5.69 Å². The summed E-state index contributed by atoms with van der Waals surface area (Å²) >= 11 is 0. The second kappa shape index (κ2) is 8.87. The average molecular weight is 416 g/mol. The molecule has 1 unspecified atom stereocenters. The van der Waals surface area contributed by atoms with Crippen LogP contribution < -0.4 is 10.2 Å². The molecule has 0 spiro atoms. The van der Waals surface area contributed by atoms with Gasteiger partial charge in [0.15, 0.2) is 5.76 Å². The van der Waals surface area contributed by atoms with E-state index in [0.717, 1.165) is 16.7 Å². The SMILES string of the molecule is CCN(C(=O)Cn1c(C(C)NC(=O)c2ccco2)nc2ccccc21)c1ccccc1. The topological polar surface area (TPSA) is 80.4 Å². The number of rotatable bonds is 7. The zero-order valence-corrected chi connectivity index (χ0v) is 17.5. The molecule has 2 amide bonds. The van der Waals surface area contributed by atoms with Crippen LogP contribution in [0.15, 0.2) is 77.4 Å². The number of imidazole rings is 1. The Morgan fingerprint density at radius 2 is 1.81 bits per heavy atom. The Hall–Kier alpha value is -3.87. The molecule has 0 radical (unpaired) electrons. The average Bonchev–Trinajstić information content (AvgIpc) is 3.44. The summed E-state index contributed by atoms with van der Waals surface area (Å²) in [7, 11) is 0. The van der Waals surface area contributed by atoms with Gasteiger partial charge in [0.1, 0.15) is 12.4 Å². The molecule has 1 N–H and O–H groups in total. The van der Waals surface area contributed by atoms with Crippen molar-refractivity contribution in [3.63, 3.8) is 0 Å². The van der Waals surface area contributed by atoms with E-state index in [1.165, 1.54) is 6.26 Å². The van der Waals surface area contributed by atoms with Crippen LogP contribution in [0.25, 0.3) is 11.0 Å². The van der Waals surface area contributed by atoms with E-state index in [1.54, 1.807) is 17.0 Å². The molecule has 2 heterocycles. The Balaban J connectivity index is 1.65. The van der Waals surface area contributed by atoms with E-state index in [1.807, 2.05) is 73.0 Å². The van der Waals surface area contributed by atoms with Crippen molar-refractivity contribution >= 4 is 28.5 Å². The Labute approximate surface area is 180 Å². The standard InChI is InChI=1S/C24H24N4O3/c1-3-27(18-10-5-4-6-11-18)22(29)16-28-20-13-8-7-12-19(20)26-23(28)17(2)25-24(30)21-14-9-15-31-21/h4-15,17H,3,16H2,1-2H3,(H,25,30). The summed E-state index contributed by atoms with van der Waals surface area (Å²) in [6.07, 6.45) is 1.45. The smallest absolute Gasteiger partial charge is 0.287 e. The van der Waals surface area contributed by atoms with Crippen molar-refractivity contribution in [1.82, 2.24) is 14.9 Å². The second-order valence-corrected chi connectivity index (χ2v) is 7.19. The number of amides is 2. The minimum Gasteiger partial charge on any atom is -0.459 e. The third-order valence-electron chi connectivity index (χ3n) is 5.14. The van der Waals surface area contributed by atoms with E-state index >= 15 is 0 Å². The van der Waals surface area contributed by atoms with Crippen LogP contribution in [-0.2, 0) is 11.3 Å². The molecule has 0 aliphatic carbocycles. The van der Waals surface area contributed by atoms with Crippen molar-refractivity contribution in [2.24, 2.45) is 0 Å². The molecule has 0 saturated carbocycles. The fraction of sp³-hybridized carbons (Fsp3) is 0.208. The number of aromatic nitrogens is 2. The Morgan fingerprint density at radius 1 is 1.06 bits per heavy atom. The van der Waals surface area contributed by atoms with Gasteiger partial charge in [-0.3, -0.25) is 9.59 Å². The number of nitrogens with one attached hydrogen (secondary N) is 1. The van der Waals surface area contributed by atoms with Gasteiger partial charge in [0.2, 0.25) is 5.91 Å². The highest BCUT2D eigenvalue weighted by atomic mass is 16.3. The number of hydrogen-bond donors (Lipinski definition) is 1. The maximum Gasteiger partial charge on any atom is 0.287 e. The van der Waals surface area contributed by atoms with E-state index in [2.05, 4.69) is 5.32 Å². The summed E-state index contributed by atoms with van der Waals surface area (Å²) in [4.78, 5) is 32.2. The lowest BCUT2D eigenvalue weighted by Gasteiger charge is -2.23. The van der Waals surface area contributed by atoms with Gasteiger partial charge in [-0.25, -0.2) is 4.98 Å². The molecule has 158 valence electrons. The van der Waals surface area contributed by atoms with Gasteiger partial charge in [-0.1, -0.05) is 30.3 Å². The maximum atomic E-state index is 13.2. The molecule has 1 atom stereocenters. The Morgan fingerprint density at radius 3 is 2.52 bits per heavy atom. The summed E-state index contributed by atoms with van der Waals surface area (Å²) in [5.74, 6) is 0.454. The lowest BCUT2D eigenvalue weighted by molar-refractivity contribution is -0.119. The number of carbonyl (C=O) groups excluding carboxylic acids is 2. The molecule has 0 bridgehead atoms. The monoisotopic (exact) mass is 416 g/mol. The van der Waals surface area contributed by atoms with Crippen LogP contribution in [0.1, 0.15) is 36.3 Å². The van der Waals surface area contributed by atoms with Crippen LogP contribution in [0.5, 0.6) is 0 Å². The van der Waals surface area contributed by atoms with Crippen LogP contribution in [-0.4, -0.2) is 27.9 Å². The van der Waals surface area contributed by atoms with E-state index in [9.17, 15) is 9.59 Å². The van der Waals surface area contributed by atoms with Crippen LogP contribution in [0.2, 0.25) is 0 Å². The molecule has 0 fully saturated rings. The summed E-state index contributed by atoms with van der Waals surface area (Å²) < 4.78 is 7.05. The second-order valence-electron chi connectivity index (χ2n) is 7.19. The molecular formula is C24H24N4O3. The fourth-order valence-electron chi connectivity index (χ4n) is 3.66. The van der Waals surface area contributed by atoms with Crippen molar-refractivity contribution in [2.75, 3.05) is 11.4 Å². The van der Waals surface area contributed by atoms with Gasteiger partial charge < -0.3 is 19.2 Å². The number of furan rings is 1. The molecule has 0 saturated heterocycles. The molecule has 4 rings (SSSR count). The minimum atomic E-state index is -0.426. The lowest BCUT2D eigenvalue weighted by atomic mass is 10.2. The molecule has 31 heavy (non-hydrogen) atoms. The molecule has 0 aliphatic heterocycles. The number of anilines is 1. The Kier molecular flexibility index (Phi) is 5.84. The van der Waals surface area contributed by atoms with Crippen molar-refractivity contribution < 1.29 is 14.0 Å². The first kappa shape index (κ1) is 20.4. The summed E-state index contributed by atoms with van der Waals surface area (Å²) in [5.41, 5.74) is 2.46. The molecule has 7 nitrogen and oxygen atoms in total. The van der Waals surface area contributed by atoms with E-state index in [0.29, 0.717) is 12.4 Å². The third-order valence-corrected chi connectivity index (χ3v) is 5.14. The van der Waals surface area contributed by atoms with Gasteiger partial charge in [0, 0.05) is 12.2 Å². The number of carbonyl (C=O) groups is 2. The molecule has 7 heteroatoms. The molecular weight excluding hydrogens is 392 g/mol. The number of fused-ring (bicyclic) bond motifs is 1. The first-order valence-electron chi connectivity index (χ1n) is 10.2. The van der Waals surface area contributed by atoms with E-state index < -0.39 is 6.04 Å². The number of benzene rings is 2. The zero-order chi connectivity index (χ0) is 21.8. The van der Waals surface area contributed by atoms with Crippen molar-refractivity contribution in [3.05, 3.63) is 84.6 Å². The van der Waals surface area contributed by atoms with Gasteiger partial charge in [0.25, 0.3) is 5.91 Å². The van der Waals surface area contributed by atoms with E-state index in [-0.39, 0.29) is 24.1 Å². The van der Waals surface area contributed by atoms with Gasteiger partial charge >= 0.3 is 0 Å². The number of nitrogens with zero attached hydrogens (tertiary/aromatic N) is 3. The molecule has 4 aromatic rings. The Bertz CT molecular complexity index is 1180. The van der Waals surface area contributed by atoms with Gasteiger partial charge in [-0.15, -0.1) is 0 Å². The number of hydrogen-bond acceptors (Lipinski definition) is 4. The highest BCUT2D eigenvalue weighted by Gasteiger charge is 2.23. The first-order valence-corrected chi connectivity index (χ1v) is 10.2. The maximum absolute atomic E-state index is 13.2. The summed E-state index contributed by atoms with van der Waals surface area (Å²) in [6.45, 7) is 4.46. The van der Waals surface area contributed by atoms with Crippen molar-refractivity contribution in [2.45, 2.75) is 26.4 Å². The highest BCUT2D eigenvalue weighted by Crippen LogP contribution is 2.22. The summed E-state index contributed by atoms with van der Waals surface area (Å²) in [6, 6.07) is 20.1. The van der Waals surface area contributed by atoms with Crippen LogP contribution >= 0.6 is 0 Å². The van der Waals surface area contributed by atoms with Crippen LogP contribution in [0, 0.1) is 0 Å². The number of likely N-dealkylation sites (N-methyl/N-ethyl adjacent to an activating group) is 1. The third kappa shape index (κ3) is 4.21. The zero-order valence-electron chi connectivity index (χ0n) is 17.5. The fourth-order valence-corrected chi connectivity index (χ4v) is 3.66.